The summed E-state index contributed by atoms with van der Waals surface area (Å²) in [7, 11) is 0. The Labute approximate surface area is 223 Å². The Morgan fingerprint density at radius 1 is 1.11 bits per heavy atom. The van der Waals surface area contributed by atoms with Crippen LogP contribution in [0.2, 0.25) is 0 Å². The molecule has 5 rings (SSSR count). The fraction of sp³-hybridized carbons (Fsp3) is 0.423. The van der Waals surface area contributed by atoms with E-state index in [1.807, 2.05) is 0 Å². The molecular weight excluding hydrogens is 545 g/mol. The van der Waals surface area contributed by atoms with E-state index in [1.165, 1.54) is 19.1 Å². The molecule has 1 aliphatic heterocycles. The normalized spacial score (nSPS) is 30.6. The van der Waals surface area contributed by atoms with Crippen LogP contribution in [0.15, 0.2) is 24.3 Å². The van der Waals surface area contributed by atoms with Crippen LogP contribution >= 0.6 is 0 Å². The van der Waals surface area contributed by atoms with Gasteiger partial charge in [-0.1, -0.05) is 24.3 Å². The van der Waals surface area contributed by atoms with Crippen molar-refractivity contribution in [1.82, 2.24) is 0 Å². The number of nitrogens with two attached hydrogens (primary N) is 1. The number of phenols is 2. The number of ketones is 3. The maximum absolute atomic E-state index is 13.3. The van der Waals surface area contributed by atoms with Crippen LogP contribution in [0.1, 0.15) is 75.8 Å². The summed E-state index contributed by atoms with van der Waals surface area (Å²) >= 11 is 0. The number of phenolic OH excluding ortho intramolecular Hbond substituents is 2. The van der Waals surface area contributed by atoms with Crippen molar-refractivity contribution < 1.29 is 44.3 Å². The topological polar surface area (TPSA) is 177 Å². The number of carbonyl (C=O) groups excluding carboxylic acids is 3. The first-order chi connectivity index (χ1) is 16.9. The van der Waals surface area contributed by atoms with E-state index in [0.717, 1.165) is 0 Å². The number of hydrogen-bond donors (Lipinski definition) is 5. The summed E-state index contributed by atoms with van der Waals surface area (Å²) < 4.78 is 11.8. The summed E-state index contributed by atoms with van der Waals surface area (Å²) in [5.41, 5.74) is 3.38. The van der Waals surface area contributed by atoms with Gasteiger partial charge in [-0.2, -0.15) is 0 Å². The van der Waals surface area contributed by atoms with Crippen molar-refractivity contribution >= 4 is 35.3 Å². The van der Waals surface area contributed by atoms with Crippen molar-refractivity contribution in [2.75, 3.05) is 0 Å². The molecule has 2 aromatic carbocycles. The van der Waals surface area contributed by atoms with Gasteiger partial charge in [0.25, 0.3) is 0 Å². The van der Waals surface area contributed by atoms with Crippen LogP contribution in [0.25, 0.3) is 0 Å². The van der Waals surface area contributed by atoms with Crippen molar-refractivity contribution in [3.8, 4) is 11.5 Å². The molecule has 0 unspecified atom stereocenters. The minimum absolute atomic E-state index is 0. The zero-order chi connectivity index (χ0) is 26.1. The van der Waals surface area contributed by atoms with Gasteiger partial charge in [0, 0.05) is 65.5 Å². The monoisotopic (exact) mass is 572 g/mol. The Hall–Kier alpha value is -2.59. The van der Waals surface area contributed by atoms with Gasteiger partial charge in [-0.05, 0) is 13.8 Å². The molecule has 195 valence electrons. The Bertz CT molecular complexity index is 1300. The number of aliphatic hydroxyl groups excluding tert-OH is 1. The molecule has 0 spiro atoms. The molecule has 6 atom stereocenters. The van der Waals surface area contributed by atoms with E-state index < -0.39 is 71.5 Å². The van der Waals surface area contributed by atoms with Crippen LogP contribution in [0.5, 0.6) is 11.5 Å². The van der Waals surface area contributed by atoms with Gasteiger partial charge in [0.1, 0.15) is 17.1 Å². The first kappa shape index (κ1) is 27.4. The van der Waals surface area contributed by atoms with Crippen molar-refractivity contribution in [1.29, 1.82) is 0 Å². The van der Waals surface area contributed by atoms with Crippen molar-refractivity contribution in [3.63, 3.8) is 0 Å². The maximum Gasteiger partial charge on any atom is 0.198 e. The third kappa shape index (κ3) is 4.22. The van der Waals surface area contributed by atoms with Gasteiger partial charge in [-0.25, -0.2) is 0 Å². The molecule has 3 radical (unpaired) electrons. The molecule has 0 aromatic heterocycles. The van der Waals surface area contributed by atoms with Crippen molar-refractivity contribution in [3.05, 3.63) is 57.6 Å². The molecule has 6 N–H and O–H groups in total. The molecule has 1 saturated heterocycles. The summed E-state index contributed by atoms with van der Waals surface area (Å²) in [6.45, 7) is 2.80. The fourth-order valence-corrected chi connectivity index (χ4v) is 5.42. The Kier molecular flexibility index (Phi) is 7.13. The number of Topliss-reactive ketones (excluding diaryl/α,β-unsaturated/α-hetero) is 1. The molecule has 3 aliphatic rings. The summed E-state index contributed by atoms with van der Waals surface area (Å²) in [5, 5.41) is 43.8. The molecule has 0 amide bonds. The minimum Gasteiger partial charge on any atom is -0.507 e. The summed E-state index contributed by atoms with van der Waals surface area (Å²) in [6.07, 6.45) is -4.38. The molecule has 1 fully saturated rings. The van der Waals surface area contributed by atoms with Gasteiger partial charge in [-0.3, -0.25) is 14.4 Å². The summed E-state index contributed by atoms with van der Waals surface area (Å²) in [5.74, 6) is -3.06. The number of hydrogen-bond acceptors (Lipinski definition) is 10. The summed E-state index contributed by atoms with van der Waals surface area (Å²) in [6, 6.07) is 5.40. The number of aromatic hydroxyl groups is 2. The van der Waals surface area contributed by atoms with Gasteiger partial charge in [0.2, 0.25) is 0 Å². The van der Waals surface area contributed by atoms with E-state index in [1.54, 1.807) is 19.1 Å². The number of fused-ring (bicyclic) bond motifs is 3. The molecule has 11 heteroatoms. The van der Waals surface area contributed by atoms with E-state index >= 15 is 0 Å². The van der Waals surface area contributed by atoms with Crippen LogP contribution in [-0.2, 0) is 20.7 Å². The van der Waals surface area contributed by atoms with E-state index in [4.69, 9.17) is 15.2 Å². The van der Waals surface area contributed by atoms with E-state index in [-0.39, 0.29) is 64.2 Å². The second-order valence-corrected chi connectivity index (χ2v) is 9.80. The van der Waals surface area contributed by atoms with E-state index in [2.05, 4.69) is 0 Å². The van der Waals surface area contributed by atoms with Gasteiger partial charge in [0.15, 0.2) is 23.6 Å². The molecule has 0 bridgehead atoms. The maximum atomic E-state index is 13.3. The van der Waals surface area contributed by atoms with E-state index in [0.29, 0.717) is 0 Å². The first-order valence-corrected chi connectivity index (χ1v) is 11.7. The van der Waals surface area contributed by atoms with Gasteiger partial charge in [0.05, 0.1) is 29.4 Å². The predicted octanol–water partition coefficient (Wildman–Crippen LogP) is 0.639. The minimum atomic E-state index is -1.97. The first-order valence-electron chi connectivity index (χ1n) is 11.7. The smallest absolute Gasteiger partial charge is 0.198 e. The van der Waals surface area contributed by atoms with Gasteiger partial charge < -0.3 is 35.6 Å². The molecule has 10 nitrogen and oxygen atoms in total. The standard InChI is InChI=1S/C26H27NO9.As/c1-10-21(29)15(27)7-17(35-10)36-16-9-26(34,11(2)28)8-14-18(16)25(33)20-19(24(14)32)22(30)12-5-3-4-6-13(12)23(20)31;/h3-6,10,15-17,21,29,32-34H,7-9,27H2,1-2H3;/t10-,15-,16-,17-,21+,26-;/m0./s1. The van der Waals surface area contributed by atoms with Crippen LogP contribution in [-0.4, -0.2) is 85.9 Å². The second kappa shape index (κ2) is 9.62. The zero-order valence-electron chi connectivity index (χ0n) is 20.2. The molecular formula is C26H27AsNO9. The summed E-state index contributed by atoms with van der Waals surface area (Å²) in [4.78, 5) is 39.0. The SMILES string of the molecule is CC(=O)[C@]1(O)Cc2c(O)c3c(c(O)c2[C@@H](O[C@H]2C[C@H](N)[C@H](O)[C@H](C)O2)C1)C(=O)c1ccccc1C3=O.[As]. The van der Waals surface area contributed by atoms with Crippen LogP contribution in [0.3, 0.4) is 0 Å². The number of aliphatic hydroxyl groups is 2. The van der Waals surface area contributed by atoms with Crippen molar-refractivity contribution in [2.45, 2.75) is 69.4 Å². The van der Waals surface area contributed by atoms with Crippen molar-refractivity contribution in [2.24, 2.45) is 5.73 Å². The number of carbonyl (C=O) groups is 3. The van der Waals surface area contributed by atoms with Crippen LogP contribution in [0.4, 0.5) is 0 Å². The number of ether oxygens (including phenoxy) is 2. The fourth-order valence-electron chi connectivity index (χ4n) is 5.42. The third-order valence-electron chi connectivity index (χ3n) is 7.50. The Morgan fingerprint density at radius 2 is 1.68 bits per heavy atom. The average Bonchev–Trinajstić information content (AvgIpc) is 2.82. The largest absolute Gasteiger partial charge is 0.507 e. The molecule has 1 heterocycles. The third-order valence-corrected chi connectivity index (χ3v) is 7.50. The van der Waals surface area contributed by atoms with Crippen LogP contribution < -0.4 is 5.73 Å². The van der Waals surface area contributed by atoms with Crippen LogP contribution in [0, 0.1) is 0 Å². The zero-order valence-corrected chi connectivity index (χ0v) is 22.0. The Morgan fingerprint density at radius 3 is 2.22 bits per heavy atom. The molecule has 37 heavy (non-hydrogen) atoms. The number of benzene rings is 2. The number of rotatable bonds is 3. The van der Waals surface area contributed by atoms with Gasteiger partial charge in [-0.15, -0.1) is 0 Å². The Balaban J connectivity index is 0.00000320. The van der Waals surface area contributed by atoms with E-state index in [9.17, 15) is 34.8 Å². The van der Waals surface area contributed by atoms with Gasteiger partial charge >= 0.3 is 0 Å². The predicted molar refractivity (Wildman–Crippen MR) is 130 cm³/mol. The molecule has 0 saturated carbocycles. The molecule has 2 aliphatic carbocycles. The quantitative estimate of drug-likeness (QED) is 0.221. The second-order valence-electron chi connectivity index (χ2n) is 9.80. The average molecular weight is 572 g/mol. The molecule has 2 aromatic rings.